The van der Waals surface area contributed by atoms with Gasteiger partial charge in [0.25, 0.3) is 17.7 Å². The predicted octanol–water partition coefficient (Wildman–Crippen LogP) is 2.44. The molecule has 0 unspecified atom stereocenters. The smallest absolute Gasteiger partial charge is 0.274 e. The van der Waals surface area contributed by atoms with E-state index in [0.29, 0.717) is 73.8 Å². The predicted molar refractivity (Wildman–Crippen MR) is 167 cm³/mol. The second-order valence-corrected chi connectivity index (χ2v) is 12.5. The highest BCUT2D eigenvalue weighted by Gasteiger charge is 2.40. The van der Waals surface area contributed by atoms with E-state index in [4.69, 9.17) is 14.2 Å². The number of likely N-dealkylation sites (tertiary alicyclic amines) is 2. The van der Waals surface area contributed by atoms with E-state index in [0.717, 1.165) is 31.2 Å². The third-order valence-electron chi connectivity index (χ3n) is 9.06. The first-order valence-corrected chi connectivity index (χ1v) is 16.0. The molecule has 2 saturated heterocycles. The fourth-order valence-electron chi connectivity index (χ4n) is 6.25. The monoisotopic (exact) mass is 626 g/mol. The van der Waals surface area contributed by atoms with Crippen LogP contribution < -0.4 is 24.8 Å². The highest BCUT2D eigenvalue weighted by molar-refractivity contribution is 5.95. The second kappa shape index (κ2) is 13.3. The van der Waals surface area contributed by atoms with Crippen molar-refractivity contribution in [2.75, 3.05) is 39.4 Å². The summed E-state index contributed by atoms with van der Waals surface area (Å²) in [6, 6.07) is 12.7. The standard InChI is InChI=1S/C34H38N6O6/c41-32-21-45-28-14-24(13-27(15-28)44-20-23-1-2-23)33(42)38-30-18-40(19-31(30)46-26-5-3-22(4-6-26)16-37-32)25-7-11-39(12-8-25)34(43)29-17-35-9-10-36-29/h3-6,9-10,13-15,17,23,25,30-31H,1-2,7-8,11-12,16,18-21H2,(H,37,41)(H,38,42)/t30-,31-/m0/s1. The van der Waals surface area contributed by atoms with E-state index in [9.17, 15) is 14.4 Å². The number of aromatic nitrogens is 2. The van der Waals surface area contributed by atoms with Crippen LogP contribution in [0.5, 0.6) is 17.2 Å². The lowest BCUT2D eigenvalue weighted by atomic mass is 10.0. The minimum Gasteiger partial charge on any atom is -0.493 e. The van der Waals surface area contributed by atoms with Gasteiger partial charge in [-0.1, -0.05) is 12.1 Å². The van der Waals surface area contributed by atoms with Crippen molar-refractivity contribution in [3.63, 3.8) is 0 Å². The maximum atomic E-state index is 13.8. The summed E-state index contributed by atoms with van der Waals surface area (Å²) in [4.78, 5) is 51.6. The number of hydrogen-bond acceptors (Lipinski definition) is 9. The lowest BCUT2D eigenvalue weighted by Gasteiger charge is -2.36. The lowest BCUT2D eigenvalue weighted by molar-refractivity contribution is -0.123. The fraction of sp³-hybridized carbons (Fsp3) is 0.441. The number of nitrogens with one attached hydrogen (secondary N) is 2. The molecule has 240 valence electrons. The van der Waals surface area contributed by atoms with Gasteiger partial charge in [-0.25, -0.2) is 4.98 Å². The van der Waals surface area contributed by atoms with E-state index in [-0.39, 0.29) is 42.5 Å². The van der Waals surface area contributed by atoms with Gasteiger partial charge in [0.15, 0.2) is 6.61 Å². The number of hydrogen-bond donors (Lipinski definition) is 2. The maximum Gasteiger partial charge on any atom is 0.274 e. The van der Waals surface area contributed by atoms with Crippen LogP contribution in [0.4, 0.5) is 0 Å². The average molecular weight is 627 g/mol. The van der Waals surface area contributed by atoms with E-state index in [1.807, 2.05) is 29.2 Å². The van der Waals surface area contributed by atoms with Gasteiger partial charge in [-0.3, -0.25) is 24.3 Å². The molecule has 46 heavy (non-hydrogen) atoms. The topological polar surface area (TPSA) is 135 Å². The zero-order valence-electron chi connectivity index (χ0n) is 25.6. The van der Waals surface area contributed by atoms with Crippen molar-refractivity contribution < 1.29 is 28.6 Å². The molecule has 1 aromatic heterocycles. The Labute approximate surface area is 267 Å². The van der Waals surface area contributed by atoms with Crippen molar-refractivity contribution in [1.82, 2.24) is 30.4 Å². The Balaban J connectivity index is 1.09. The quantitative estimate of drug-likeness (QED) is 0.438. The Bertz CT molecular complexity index is 1560. The fourth-order valence-corrected chi connectivity index (χ4v) is 6.25. The molecule has 1 saturated carbocycles. The van der Waals surface area contributed by atoms with Gasteiger partial charge in [-0.05, 0) is 61.4 Å². The van der Waals surface area contributed by atoms with E-state index >= 15 is 0 Å². The molecule has 2 aromatic carbocycles. The number of ether oxygens (including phenoxy) is 3. The number of carbonyl (C=O) groups excluding carboxylic acids is 3. The van der Waals surface area contributed by atoms with Crippen LogP contribution in [-0.4, -0.2) is 95.1 Å². The molecule has 2 atom stereocenters. The van der Waals surface area contributed by atoms with Gasteiger partial charge in [0.2, 0.25) is 0 Å². The van der Waals surface area contributed by atoms with Crippen molar-refractivity contribution in [3.8, 4) is 17.2 Å². The molecule has 0 radical (unpaired) electrons. The third-order valence-corrected chi connectivity index (χ3v) is 9.06. The summed E-state index contributed by atoms with van der Waals surface area (Å²) in [6.45, 7) is 3.23. The first-order valence-electron chi connectivity index (χ1n) is 16.0. The van der Waals surface area contributed by atoms with E-state index in [1.54, 1.807) is 24.4 Å². The average Bonchev–Trinajstić information content (AvgIpc) is 3.85. The minimum absolute atomic E-state index is 0.103. The molecule has 0 spiro atoms. The Hall–Kier alpha value is -4.71. The Morgan fingerprint density at radius 2 is 1.80 bits per heavy atom. The van der Waals surface area contributed by atoms with Crippen LogP contribution >= 0.6 is 0 Å². The van der Waals surface area contributed by atoms with Crippen molar-refractivity contribution in [3.05, 3.63) is 77.9 Å². The van der Waals surface area contributed by atoms with Crippen molar-refractivity contribution in [2.45, 2.75) is 50.4 Å². The SMILES string of the molecule is O=C1COc2cc(OCC3CC3)cc(c2)C(=O)N[C@H]2CN(C3CCN(C(=O)c4cnccn4)CC3)C[C@@H]2Oc2ccc(cc2)CN1. The number of piperidine rings is 1. The molecule has 3 amide bonds. The van der Waals surface area contributed by atoms with E-state index in [1.165, 1.54) is 12.4 Å². The summed E-state index contributed by atoms with van der Waals surface area (Å²) in [6.07, 6.45) is 8.19. The zero-order valence-corrected chi connectivity index (χ0v) is 25.6. The molecule has 3 aromatic rings. The lowest BCUT2D eigenvalue weighted by Crippen LogP contribution is -2.47. The van der Waals surface area contributed by atoms with Crippen molar-refractivity contribution in [2.24, 2.45) is 5.92 Å². The molecule has 5 aliphatic rings. The summed E-state index contributed by atoms with van der Waals surface area (Å²) >= 11 is 0. The highest BCUT2D eigenvalue weighted by Crippen LogP contribution is 2.31. The first kappa shape index (κ1) is 30.0. The van der Waals surface area contributed by atoms with Gasteiger partial charge in [0.1, 0.15) is 29.0 Å². The largest absolute Gasteiger partial charge is 0.493 e. The van der Waals surface area contributed by atoms with E-state index in [2.05, 4.69) is 25.5 Å². The number of nitrogens with zero attached hydrogens (tertiary/aromatic N) is 4. The highest BCUT2D eigenvalue weighted by atomic mass is 16.5. The van der Waals surface area contributed by atoms with Crippen LogP contribution in [0.3, 0.4) is 0 Å². The number of carbonyl (C=O) groups is 3. The van der Waals surface area contributed by atoms with Crippen LogP contribution in [0.15, 0.2) is 61.1 Å². The van der Waals surface area contributed by atoms with Gasteiger partial charge >= 0.3 is 0 Å². The van der Waals surface area contributed by atoms with Crippen molar-refractivity contribution in [1.29, 1.82) is 0 Å². The Morgan fingerprint density at radius 1 is 0.978 bits per heavy atom. The van der Waals surface area contributed by atoms with Crippen LogP contribution in [0.25, 0.3) is 0 Å². The summed E-state index contributed by atoms with van der Waals surface area (Å²) in [5.74, 6) is 1.52. The molecule has 2 N–H and O–H groups in total. The first-order chi connectivity index (χ1) is 22.5. The summed E-state index contributed by atoms with van der Waals surface area (Å²) in [5.41, 5.74) is 1.68. The Kier molecular flexibility index (Phi) is 8.69. The molecular formula is C34H38N6O6. The van der Waals surface area contributed by atoms with Crippen molar-refractivity contribution >= 4 is 17.7 Å². The molecule has 12 nitrogen and oxygen atoms in total. The maximum absolute atomic E-state index is 13.8. The summed E-state index contributed by atoms with van der Waals surface area (Å²) < 4.78 is 18.3. The van der Waals surface area contributed by atoms with Gasteiger partial charge in [0, 0.05) is 62.8 Å². The molecule has 8 rings (SSSR count). The molecule has 5 heterocycles. The van der Waals surface area contributed by atoms with Crippen LogP contribution in [0.1, 0.15) is 52.1 Å². The van der Waals surface area contributed by atoms with Gasteiger partial charge in [0.05, 0.1) is 18.8 Å². The molecule has 4 aliphatic heterocycles. The van der Waals surface area contributed by atoms with Gasteiger partial charge < -0.3 is 29.7 Å². The van der Waals surface area contributed by atoms with Gasteiger partial charge in [-0.2, -0.15) is 0 Å². The normalized spacial score (nSPS) is 22.6. The number of rotatable bonds is 5. The third kappa shape index (κ3) is 7.23. The Morgan fingerprint density at radius 3 is 2.57 bits per heavy atom. The molecule has 12 heteroatoms. The van der Waals surface area contributed by atoms with E-state index < -0.39 is 0 Å². The molecule has 1 aliphatic carbocycles. The molecular weight excluding hydrogens is 588 g/mol. The van der Waals surface area contributed by atoms with Crippen LogP contribution in [0, 0.1) is 5.92 Å². The minimum atomic E-state index is -0.297. The molecule has 4 bridgehead atoms. The zero-order chi connectivity index (χ0) is 31.5. The number of fused-ring (bicyclic) bond motifs is 7. The number of amides is 3. The molecule has 3 fully saturated rings. The summed E-state index contributed by atoms with van der Waals surface area (Å²) in [5, 5.41) is 6.11. The van der Waals surface area contributed by atoms with Crippen LogP contribution in [0.2, 0.25) is 0 Å². The van der Waals surface area contributed by atoms with Crippen LogP contribution in [-0.2, 0) is 11.3 Å². The summed E-state index contributed by atoms with van der Waals surface area (Å²) in [7, 11) is 0. The number of benzene rings is 2. The second-order valence-electron chi connectivity index (χ2n) is 12.5. The van der Waals surface area contributed by atoms with Gasteiger partial charge in [-0.15, -0.1) is 0 Å².